The van der Waals surface area contributed by atoms with Crippen LogP contribution in [0, 0.1) is 5.92 Å². The van der Waals surface area contributed by atoms with Crippen molar-refractivity contribution < 1.29 is 4.79 Å². The number of nitrogens with one attached hydrogen (secondary N) is 1. The van der Waals surface area contributed by atoms with E-state index in [9.17, 15) is 4.79 Å². The van der Waals surface area contributed by atoms with Crippen LogP contribution in [0.2, 0.25) is 0 Å². The van der Waals surface area contributed by atoms with Crippen LogP contribution in [-0.4, -0.2) is 41.6 Å². The van der Waals surface area contributed by atoms with Crippen molar-refractivity contribution in [2.45, 2.75) is 58.5 Å². The average Bonchev–Trinajstić information content (AvgIpc) is 2.61. The summed E-state index contributed by atoms with van der Waals surface area (Å²) < 4.78 is 0. The molecule has 5 nitrogen and oxygen atoms in total. The number of carbonyl (C=O) groups is 1. The molecule has 5 heteroatoms. The van der Waals surface area contributed by atoms with Crippen molar-refractivity contribution in [1.82, 2.24) is 15.2 Å². The molecule has 0 aromatic carbocycles. The second kappa shape index (κ2) is 7.86. The highest BCUT2D eigenvalue weighted by molar-refractivity contribution is 5.74. The van der Waals surface area contributed by atoms with E-state index in [4.69, 9.17) is 0 Å². The molecule has 1 aromatic heterocycles. The normalized spacial score (nSPS) is 22.5. The fraction of sp³-hybridized carbons (Fsp3) is 0.684. The van der Waals surface area contributed by atoms with Gasteiger partial charge in [-0.15, -0.1) is 0 Å². The molecule has 3 heterocycles. The first-order valence-corrected chi connectivity index (χ1v) is 9.38. The molecule has 1 aromatic rings. The molecule has 0 bridgehead atoms. The zero-order valence-electron chi connectivity index (χ0n) is 15.0. The number of urea groups is 1. The maximum atomic E-state index is 12.3. The lowest BCUT2D eigenvalue weighted by Gasteiger charge is -2.33. The molecule has 0 saturated carbocycles. The van der Waals surface area contributed by atoms with Crippen LogP contribution >= 0.6 is 0 Å². The van der Waals surface area contributed by atoms with Gasteiger partial charge in [0.2, 0.25) is 0 Å². The van der Waals surface area contributed by atoms with Gasteiger partial charge in [-0.1, -0.05) is 13.0 Å². The molecule has 0 aliphatic carbocycles. The summed E-state index contributed by atoms with van der Waals surface area (Å²) in [5, 5.41) is 3.04. The summed E-state index contributed by atoms with van der Waals surface area (Å²) in [5.74, 6) is 1.88. The number of likely N-dealkylation sites (tertiary alicyclic amines) is 1. The Morgan fingerprint density at radius 2 is 1.96 bits per heavy atom. The number of hydrogen-bond donors (Lipinski definition) is 1. The van der Waals surface area contributed by atoms with Gasteiger partial charge in [0, 0.05) is 38.4 Å². The van der Waals surface area contributed by atoms with Crippen molar-refractivity contribution in [3.63, 3.8) is 0 Å². The molecule has 2 aliphatic heterocycles. The number of aromatic nitrogens is 1. The Balaban J connectivity index is 1.50. The number of hydrogen-bond acceptors (Lipinski definition) is 3. The van der Waals surface area contributed by atoms with Gasteiger partial charge in [0.25, 0.3) is 0 Å². The molecule has 1 N–H and O–H groups in total. The minimum atomic E-state index is 0.0521. The van der Waals surface area contributed by atoms with Crippen molar-refractivity contribution in [3.05, 3.63) is 23.9 Å². The predicted octanol–water partition coefficient (Wildman–Crippen LogP) is 3.40. The number of carbonyl (C=O) groups excluding carboxylic acids is 1. The summed E-state index contributed by atoms with van der Waals surface area (Å²) in [6.07, 6.45) is 7.83. The molecule has 1 atom stereocenters. The van der Waals surface area contributed by atoms with Gasteiger partial charge in [-0.2, -0.15) is 0 Å². The maximum Gasteiger partial charge on any atom is 0.317 e. The molecule has 1 unspecified atom stereocenters. The highest BCUT2D eigenvalue weighted by atomic mass is 16.2. The first kappa shape index (κ1) is 17.1. The number of nitrogens with zero attached hydrogens (tertiary/aromatic N) is 3. The number of rotatable bonds is 3. The van der Waals surface area contributed by atoms with Gasteiger partial charge in [0.1, 0.15) is 5.82 Å². The van der Waals surface area contributed by atoms with Gasteiger partial charge in [-0.25, -0.2) is 9.78 Å². The van der Waals surface area contributed by atoms with Crippen LogP contribution in [0.3, 0.4) is 0 Å². The van der Waals surface area contributed by atoms with Crippen LogP contribution in [0.4, 0.5) is 10.6 Å². The minimum absolute atomic E-state index is 0.0521. The molecule has 0 radical (unpaired) electrons. The molecule has 3 rings (SSSR count). The van der Waals surface area contributed by atoms with E-state index in [1.54, 1.807) is 0 Å². The van der Waals surface area contributed by atoms with Gasteiger partial charge >= 0.3 is 6.03 Å². The monoisotopic (exact) mass is 330 g/mol. The van der Waals surface area contributed by atoms with Gasteiger partial charge in [0.15, 0.2) is 0 Å². The van der Waals surface area contributed by atoms with E-state index < -0.39 is 0 Å². The third kappa shape index (κ3) is 4.19. The molecule has 2 aliphatic rings. The van der Waals surface area contributed by atoms with E-state index >= 15 is 0 Å². The quantitative estimate of drug-likeness (QED) is 0.924. The molecular weight excluding hydrogens is 300 g/mol. The second-order valence-corrected chi connectivity index (χ2v) is 7.39. The second-order valence-electron chi connectivity index (χ2n) is 7.39. The molecule has 2 fully saturated rings. The van der Waals surface area contributed by atoms with Crippen molar-refractivity contribution in [2.75, 3.05) is 24.5 Å². The number of piperidine rings is 2. The summed E-state index contributed by atoms with van der Waals surface area (Å²) in [6, 6.07) is 4.57. The molecule has 0 spiro atoms. The summed E-state index contributed by atoms with van der Waals surface area (Å²) in [7, 11) is 0. The van der Waals surface area contributed by atoms with E-state index in [2.05, 4.69) is 41.2 Å². The van der Waals surface area contributed by atoms with Gasteiger partial charge in [0.05, 0.1) is 0 Å². The first-order chi connectivity index (χ1) is 11.6. The van der Waals surface area contributed by atoms with E-state index in [1.165, 1.54) is 19.3 Å². The summed E-state index contributed by atoms with van der Waals surface area (Å²) in [5.41, 5.74) is 1.06. The minimum Gasteiger partial charge on any atom is -0.357 e. The fourth-order valence-corrected chi connectivity index (χ4v) is 3.63. The Bertz CT molecular complexity index is 537. The van der Waals surface area contributed by atoms with Gasteiger partial charge in [-0.05, 0) is 56.6 Å². The van der Waals surface area contributed by atoms with E-state index in [0.717, 1.165) is 49.8 Å². The van der Waals surface area contributed by atoms with E-state index in [-0.39, 0.29) is 6.03 Å². The lowest BCUT2D eigenvalue weighted by atomic mass is 9.99. The summed E-state index contributed by atoms with van der Waals surface area (Å²) >= 11 is 0. The number of pyridine rings is 1. The summed E-state index contributed by atoms with van der Waals surface area (Å²) in [6.45, 7) is 8.06. The Hall–Kier alpha value is -1.78. The SMILES string of the molecule is CC1CCN(c2ccc(CNC(=O)N3CCCCC3C)cn2)CC1. The Kier molecular flexibility index (Phi) is 5.59. The maximum absolute atomic E-state index is 12.3. The van der Waals surface area contributed by atoms with E-state index in [0.29, 0.717) is 12.6 Å². The zero-order valence-corrected chi connectivity index (χ0v) is 15.0. The van der Waals surface area contributed by atoms with Crippen LogP contribution in [0.5, 0.6) is 0 Å². The standard InChI is InChI=1S/C19H30N4O/c1-15-8-11-22(12-9-15)18-7-6-17(13-20-18)14-21-19(24)23-10-4-3-5-16(23)2/h6-7,13,15-16H,3-5,8-12,14H2,1-2H3,(H,21,24). The van der Waals surface area contributed by atoms with Crippen LogP contribution in [0.1, 0.15) is 51.5 Å². The summed E-state index contributed by atoms with van der Waals surface area (Å²) in [4.78, 5) is 21.2. The Morgan fingerprint density at radius 3 is 2.62 bits per heavy atom. The fourth-order valence-electron chi connectivity index (χ4n) is 3.63. The lowest BCUT2D eigenvalue weighted by molar-refractivity contribution is 0.158. The van der Waals surface area contributed by atoms with Crippen LogP contribution in [0.25, 0.3) is 0 Å². The van der Waals surface area contributed by atoms with Crippen LogP contribution in [-0.2, 0) is 6.54 Å². The molecule has 2 amide bonds. The molecular formula is C19H30N4O. The van der Waals surface area contributed by atoms with Crippen molar-refractivity contribution >= 4 is 11.8 Å². The highest BCUT2D eigenvalue weighted by Gasteiger charge is 2.22. The molecule has 132 valence electrons. The Labute approximate surface area is 145 Å². The third-order valence-electron chi connectivity index (χ3n) is 5.42. The van der Waals surface area contributed by atoms with Crippen molar-refractivity contribution in [1.29, 1.82) is 0 Å². The van der Waals surface area contributed by atoms with Crippen molar-refractivity contribution in [2.24, 2.45) is 5.92 Å². The lowest BCUT2D eigenvalue weighted by Crippen LogP contribution is -2.47. The largest absolute Gasteiger partial charge is 0.357 e. The average molecular weight is 330 g/mol. The molecule has 24 heavy (non-hydrogen) atoms. The highest BCUT2D eigenvalue weighted by Crippen LogP contribution is 2.21. The number of anilines is 1. The number of amides is 2. The van der Waals surface area contributed by atoms with Gasteiger partial charge in [-0.3, -0.25) is 0 Å². The third-order valence-corrected chi connectivity index (χ3v) is 5.42. The smallest absolute Gasteiger partial charge is 0.317 e. The van der Waals surface area contributed by atoms with Gasteiger partial charge < -0.3 is 15.1 Å². The Morgan fingerprint density at radius 1 is 1.17 bits per heavy atom. The van der Waals surface area contributed by atoms with Crippen LogP contribution < -0.4 is 10.2 Å². The van der Waals surface area contributed by atoms with Crippen LogP contribution in [0.15, 0.2) is 18.3 Å². The molecule has 2 saturated heterocycles. The predicted molar refractivity (Wildman–Crippen MR) is 97.1 cm³/mol. The first-order valence-electron chi connectivity index (χ1n) is 9.38. The van der Waals surface area contributed by atoms with Crippen molar-refractivity contribution in [3.8, 4) is 0 Å². The topological polar surface area (TPSA) is 48.5 Å². The zero-order chi connectivity index (χ0) is 16.9. The van der Waals surface area contributed by atoms with E-state index in [1.807, 2.05) is 11.1 Å².